The molecule has 37 heavy (non-hydrogen) atoms. The number of amides is 1. The van der Waals surface area contributed by atoms with E-state index in [0.29, 0.717) is 35.7 Å². The molecule has 0 saturated carbocycles. The first-order valence-corrected chi connectivity index (χ1v) is 11.7. The Hall–Kier alpha value is -3.60. The number of aliphatic hydroxyl groups is 1. The molecule has 0 aliphatic carbocycles. The first-order chi connectivity index (χ1) is 17.6. The summed E-state index contributed by atoms with van der Waals surface area (Å²) in [5, 5.41) is 10.1. The number of methoxy groups -OCH3 is 1. The van der Waals surface area contributed by atoms with Gasteiger partial charge in [0.2, 0.25) is 11.5 Å². The fraction of sp³-hybridized carbons (Fsp3) is 0.385. The van der Waals surface area contributed by atoms with Crippen LogP contribution < -0.4 is 14.4 Å². The molecule has 1 N–H and O–H groups in total. The monoisotopic (exact) mass is 521 g/mol. The van der Waals surface area contributed by atoms with Crippen LogP contribution in [0.1, 0.15) is 24.0 Å². The molecule has 2 aromatic carbocycles. The van der Waals surface area contributed by atoms with E-state index in [1.807, 2.05) is 0 Å². The number of imidazole rings is 1. The van der Waals surface area contributed by atoms with Crippen molar-refractivity contribution in [3.8, 4) is 11.5 Å². The Morgan fingerprint density at radius 2 is 1.97 bits per heavy atom. The maximum absolute atomic E-state index is 13.5. The van der Waals surface area contributed by atoms with Gasteiger partial charge in [-0.25, -0.2) is 9.37 Å². The number of alkyl halides is 4. The average molecular weight is 522 g/mol. The standard InChI is InChI=1S/C26H27F4N3O4/c1-36-20-3-2-4-21(14-20)37-22-7-5-18-13-19(25(35,16-27)26(28,29)30)6-8-23(18)33(15-22)24(34)9-11-32-12-10-31-17-32/h2-4,6,8,10,12-14,17,22,35H,5,7,9,11,15-16H2,1H3/t22-,25?/m0/s1. The second kappa shape index (κ2) is 10.8. The van der Waals surface area contributed by atoms with Crippen molar-refractivity contribution in [3.05, 3.63) is 72.3 Å². The Morgan fingerprint density at radius 1 is 1.19 bits per heavy atom. The highest BCUT2D eigenvalue weighted by molar-refractivity contribution is 5.94. The fourth-order valence-electron chi connectivity index (χ4n) is 4.31. The molecule has 11 heteroatoms. The molecule has 0 fully saturated rings. The molecule has 1 amide bonds. The molecule has 4 rings (SSSR count). The van der Waals surface area contributed by atoms with Gasteiger partial charge in [0, 0.05) is 37.1 Å². The molecule has 1 aliphatic rings. The van der Waals surface area contributed by atoms with Crippen LogP contribution in [-0.4, -0.2) is 53.2 Å². The van der Waals surface area contributed by atoms with Crippen LogP contribution in [0.5, 0.6) is 11.5 Å². The molecule has 2 atom stereocenters. The normalized spacial score (nSPS) is 17.5. The highest BCUT2D eigenvalue weighted by Crippen LogP contribution is 2.41. The molecule has 0 saturated heterocycles. The van der Waals surface area contributed by atoms with Gasteiger partial charge in [-0.2, -0.15) is 13.2 Å². The van der Waals surface area contributed by atoms with Crippen molar-refractivity contribution < 1.29 is 36.9 Å². The van der Waals surface area contributed by atoms with Crippen molar-refractivity contribution in [1.29, 1.82) is 0 Å². The SMILES string of the molecule is COc1cccc(O[C@H]2CCc3cc(C(O)(CF)C(F)(F)F)ccc3N(C(=O)CCn3ccnc3)C2)c1. The molecule has 0 radical (unpaired) electrons. The highest BCUT2D eigenvalue weighted by Gasteiger charge is 2.55. The van der Waals surface area contributed by atoms with E-state index in [1.54, 1.807) is 47.6 Å². The van der Waals surface area contributed by atoms with E-state index in [1.165, 1.54) is 18.1 Å². The second-order valence-electron chi connectivity index (χ2n) is 8.85. The van der Waals surface area contributed by atoms with E-state index < -0.39 is 30.1 Å². The molecule has 1 aliphatic heterocycles. The number of hydrogen-bond acceptors (Lipinski definition) is 5. The van der Waals surface area contributed by atoms with Gasteiger partial charge in [-0.15, -0.1) is 0 Å². The summed E-state index contributed by atoms with van der Waals surface area (Å²) < 4.78 is 67.1. The minimum atomic E-state index is -5.21. The van der Waals surface area contributed by atoms with Gasteiger partial charge in [0.15, 0.2) is 0 Å². The molecule has 1 unspecified atom stereocenters. The summed E-state index contributed by atoms with van der Waals surface area (Å²) in [6.07, 6.45) is -0.0541. The summed E-state index contributed by atoms with van der Waals surface area (Å²) in [6, 6.07) is 10.4. The van der Waals surface area contributed by atoms with Crippen molar-refractivity contribution in [2.75, 3.05) is 25.2 Å². The smallest absolute Gasteiger partial charge is 0.424 e. The minimum Gasteiger partial charge on any atom is -0.497 e. The third kappa shape index (κ3) is 5.71. The van der Waals surface area contributed by atoms with Crippen molar-refractivity contribution in [1.82, 2.24) is 9.55 Å². The fourth-order valence-corrected chi connectivity index (χ4v) is 4.31. The number of halogens is 4. The second-order valence-corrected chi connectivity index (χ2v) is 8.85. The molecular weight excluding hydrogens is 494 g/mol. The third-order valence-electron chi connectivity index (χ3n) is 6.42. The van der Waals surface area contributed by atoms with Crippen LogP contribution in [0.2, 0.25) is 0 Å². The van der Waals surface area contributed by atoms with Gasteiger partial charge in [0.1, 0.15) is 24.3 Å². The van der Waals surface area contributed by atoms with E-state index >= 15 is 0 Å². The van der Waals surface area contributed by atoms with Crippen LogP contribution in [0.15, 0.2) is 61.2 Å². The summed E-state index contributed by atoms with van der Waals surface area (Å²) in [7, 11) is 1.53. The number of carbonyl (C=O) groups is 1. The Kier molecular flexibility index (Phi) is 7.72. The lowest BCUT2D eigenvalue weighted by molar-refractivity contribution is -0.271. The predicted molar refractivity (Wildman–Crippen MR) is 127 cm³/mol. The van der Waals surface area contributed by atoms with E-state index in [9.17, 15) is 27.5 Å². The van der Waals surface area contributed by atoms with Gasteiger partial charge in [0.25, 0.3) is 0 Å². The number of rotatable bonds is 8. The lowest BCUT2D eigenvalue weighted by atomic mass is 9.91. The van der Waals surface area contributed by atoms with Gasteiger partial charge < -0.3 is 24.0 Å². The van der Waals surface area contributed by atoms with E-state index in [0.717, 1.165) is 12.1 Å². The number of benzene rings is 2. The Bertz CT molecular complexity index is 1220. The van der Waals surface area contributed by atoms with Crippen molar-refractivity contribution in [2.24, 2.45) is 0 Å². The van der Waals surface area contributed by atoms with Crippen LogP contribution in [0, 0.1) is 0 Å². The number of anilines is 1. The predicted octanol–water partition coefficient (Wildman–Crippen LogP) is 4.43. The Morgan fingerprint density at radius 3 is 2.65 bits per heavy atom. The summed E-state index contributed by atoms with van der Waals surface area (Å²) >= 11 is 0. The lowest BCUT2D eigenvalue weighted by Crippen LogP contribution is -2.44. The molecule has 2 heterocycles. The summed E-state index contributed by atoms with van der Waals surface area (Å²) in [4.78, 5) is 18.8. The Balaban J connectivity index is 1.65. The van der Waals surface area contributed by atoms with Crippen molar-refractivity contribution in [3.63, 3.8) is 0 Å². The van der Waals surface area contributed by atoms with Gasteiger partial charge in [-0.3, -0.25) is 4.79 Å². The quantitative estimate of drug-likeness (QED) is 0.444. The van der Waals surface area contributed by atoms with Crippen LogP contribution in [-0.2, 0) is 23.4 Å². The zero-order valence-corrected chi connectivity index (χ0v) is 20.1. The lowest BCUT2D eigenvalue weighted by Gasteiger charge is -2.30. The van der Waals surface area contributed by atoms with Crippen LogP contribution in [0.4, 0.5) is 23.2 Å². The number of hydrogen-bond donors (Lipinski definition) is 1. The molecule has 7 nitrogen and oxygen atoms in total. The number of aromatic nitrogens is 2. The third-order valence-corrected chi connectivity index (χ3v) is 6.42. The molecule has 1 aromatic heterocycles. The van der Waals surface area contributed by atoms with Gasteiger partial charge in [0.05, 0.1) is 20.0 Å². The van der Waals surface area contributed by atoms with Crippen molar-refractivity contribution in [2.45, 2.75) is 43.7 Å². The molecule has 0 bridgehead atoms. The van der Waals surface area contributed by atoms with Crippen LogP contribution >= 0.6 is 0 Å². The zero-order valence-electron chi connectivity index (χ0n) is 20.1. The molecule has 198 valence electrons. The Labute approximate surface area is 211 Å². The number of nitrogens with zero attached hydrogens (tertiary/aromatic N) is 3. The first-order valence-electron chi connectivity index (χ1n) is 11.7. The van der Waals surface area contributed by atoms with Crippen molar-refractivity contribution >= 4 is 11.6 Å². The molecular formula is C26H27F4N3O4. The number of aryl methyl sites for hydroxylation is 2. The first kappa shape index (κ1) is 26.5. The van der Waals surface area contributed by atoms with E-state index in [-0.39, 0.29) is 25.3 Å². The van der Waals surface area contributed by atoms with Gasteiger partial charge in [-0.05, 0) is 42.2 Å². The number of ether oxygens (including phenoxy) is 2. The average Bonchev–Trinajstić information content (AvgIpc) is 3.34. The van der Waals surface area contributed by atoms with Crippen LogP contribution in [0.25, 0.3) is 0 Å². The van der Waals surface area contributed by atoms with E-state index in [4.69, 9.17) is 9.47 Å². The maximum atomic E-state index is 13.5. The number of fused-ring (bicyclic) bond motifs is 1. The summed E-state index contributed by atoms with van der Waals surface area (Å²) in [5.74, 6) is 0.844. The molecule has 0 spiro atoms. The zero-order chi connectivity index (χ0) is 26.6. The maximum Gasteiger partial charge on any atom is 0.424 e. The number of carbonyl (C=O) groups excluding carboxylic acids is 1. The summed E-state index contributed by atoms with van der Waals surface area (Å²) in [5.41, 5.74) is -3.46. The van der Waals surface area contributed by atoms with E-state index in [2.05, 4.69) is 4.98 Å². The summed E-state index contributed by atoms with van der Waals surface area (Å²) in [6.45, 7) is -1.51. The van der Waals surface area contributed by atoms with Gasteiger partial charge >= 0.3 is 6.18 Å². The topological polar surface area (TPSA) is 76.8 Å². The molecule has 3 aromatic rings. The highest BCUT2D eigenvalue weighted by atomic mass is 19.4. The van der Waals surface area contributed by atoms with Crippen LogP contribution in [0.3, 0.4) is 0 Å². The minimum absolute atomic E-state index is 0.112. The largest absolute Gasteiger partial charge is 0.497 e. The van der Waals surface area contributed by atoms with Gasteiger partial charge in [-0.1, -0.05) is 18.2 Å².